The van der Waals surface area contributed by atoms with Crippen LogP contribution >= 0.6 is 0 Å². The highest BCUT2D eigenvalue weighted by atomic mass is 16.6. The van der Waals surface area contributed by atoms with Gasteiger partial charge in [-0.25, -0.2) is 9.78 Å². The average molecular weight is 348 g/mol. The van der Waals surface area contributed by atoms with Crippen molar-refractivity contribution >= 4 is 11.9 Å². The number of rotatable bonds is 4. The Morgan fingerprint density at radius 2 is 2.12 bits per heavy atom. The summed E-state index contributed by atoms with van der Waals surface area (Å²) >= 11 is 0. The third kappa shape index (κ3) is 4.94. The smallest absolute Gasteiger partial charge is 0.415 e. The molecule has 0 saturated carbocycles. The van der Waals surface area contributed by atoms with Gasteiger partial charge in [0.2, 0.25) is 0 Å². The van der Waals surface area contributed by atoms with Crippen molar-refractivity contribution in [3.8, 4) is 0 Å². The Morgan fingerprint density at radius 1 is 1.40 bits per heavy atom. The van der Waals surface area contributed by atoms with Crippen LogP contribution in [0.4, 0.5) is 10.6 Å². The Kier molecular flexibility index (Phi) is 6.44. The summed E-state index contributed by atoms with van der Waals surface area (Å²) in [6.07, 6.45) is 4.97. The molecule has 1 aromatic heterocycles. The Bertz CT molecular complexity index is 581. The lowest BCUT2D eigenvalue weighted by atomic mass is 9.94. The average Bonchev–Trinajstić information content (AvgIpc) is 2.54. The SMILES string of the molecule is CCN(C(=O)OC(C)(C)C)c1ncccc1C1CCCCN1C(C)C. The van der Waals surface area contributed by atoms with Gasteiger partial charge in [0.1, 0.15) is 11.4 Å². The third-order valence-corrected chi connectivity index (χ3v) is 4.57. The van der Waals surface area contributed by atoms with Crippen molar-refractivity contribution < 1.29 is 9.53 Å². The lowest BCUT2D eigenvalue weighted by molar-refractivity contribution is 0.0579. The predicted octanol–water partition coefficient (Wildman–Crippen LogP) is 4.78. The number of nitrogens with zero attached hydrogens (tertiary/aromatic N) is 3. The first-order chi connectivity index (χ1) is 11.7. The molecule has 25 heavy (non-hydrogen) atoms. The zero-order valence-corrected chi connectivity index (χ0v) is 16.6. The number of carbonyl (C=O) groups is 1. The van der Waals surface area contributed by atoms with Crippen LogP contribution in [0.15, 0.2) is 18.3 Å². The molecule has 1 unspecified atom stereocenters. The zero-order valence-electron chi connectivity index (χ0n) is 16.6. The molecule has 1 aliphatic heterocycles. The maximum Gasteiger partial charge on any atom is 0.415 e. The molecule has 0 N–H and O–H groups in total. The summed E-state index contributed by atoms with van der Waals surface area (Å²) in [4.78, 5) is 21.4. The van der Waals surface area contributed by atoms with Crippen molar-refractivity contribution in [2.24, 2.45) is 0 Å². The molecule has 1 atom stereocenters. The van der Waals surface area contributed by atoms with Crippen molar-refractivity contribution in [3.63, 3.8) is 0 Å². The van der Waals surface area contributed by atoms with Gasteiger partial charge in [0.15, 0.2) is 0 Å². The number of amides is 1. The van der Waals surface area contributed by atoms with Gasteiger partial charge in [-0.3, -0.25) is 9.80 Å². The molecule has 1 fully saturated rings. The first-order valence-electron chi connectivity index (χ1n) is 9.45. The normalized spacial score (nSPS) is 19.1. The minimum atomic E-state index is -0.520. The number of piperidine rings is 1. The van der Waals surface area contributed by atoms with Crippen LogP contribution in [0.1, 0.15) is 72.4 Å². The van der Waals surface area contributed by atoms with Gasteiger partial charge in [-0.05, 0) is 67.0 Å². The summed E-state index contributed by atoms with van der Waals surface area (Å²) in [5.41, 5.74) is 0.609. The molecule has 1 amide bonds. The van der Waals surface area contributed by atoms with Gasteiger partial charge in [0.25, 0.3) is 0 Å². The van der Waals surface area contributed by atoms with E-state index in [2.05, 4.69) is 29.8 Å². The van der Waals surface area contributed by atoms with Crippen LogP contribution in [0.3, 0.4) is 0 Å². The Morgan fingerprint density at radius 3 is 2.72 bits per heavy atom. The summed E-state index contributed by atoms with van der Waals surface area (Å²) in [5.74, 6) is 0.733. The summed E-state index contributed by atoms with van der Waals surface area (Å²) in [6.45, 7) is 13.7. The fourth-order valence-electron chi connectivity index (χ4n) is 3.48. The number of likely N-dealkylation sites (tertiary alicyclic amines) is 1. The molecule has 1 aromatic rings. The van der Waals surface area contributed by atoms with Crippen LogP contribution in [-0.4, -0.2) is 40.7 Å². The molecular formula is C20H33N3O2. The molecule has 2 heterocycles. The molecule has 1 saturated heterocycles. The van der Waals surface area contributed by atoms with E-state index in [0.29, 0.717) is 18.6 Å². The third-order valence-electron chi connectivity index (χ3n) is 4.57. The van der Waals surface area contributed by atoms with Crippen LogP contribution in [0.25, 0.3) is 0 Å². The molecule has 0 radical (unpaired) electrons. The summed E-state index contributed by atoms with van der Waals surface area (Å²) < 4.78 is 5.60. The lowest BCUT2D eigenvalue weighted by Crippen LogP contribution is -2.41. The number of hydrogen-bond donors (Lipinski definition) is 0. The molecule has 0 aromatic carbocycles. The Labute approximate surface area is 152 Å². The van der Waals surface area contributed by atoms with E-state index in [1.165, 1.54) is 12.8 Å². The van der Waals surface area contributed by atoms with E-state index in [0.717, 1.165) is 24.3 Å². The maximum atomic E-state index is 12.7. The predicted molar refractivity (Wildman–Crippen MR) is 102 cm³/mol. The van der Waals surface area contributed by atoms with Gasteiger partial charge in [0.05, 0.1) is 0 Å². The van der Waals surface area contributed by atoms with Crippen molar-refractivity contribution in [3.05, 3.63) is 23.9 Å². The Balaban J connectivity index is 2.37. The zero-order chi connectivity index (χ0) is 18.6. The Hall–Kier alpha value is -1.62. The standard InChI is InChI=1S/C20H33N3O2/c1-7-22(19(24)25-20(4,5)6)18-16(11-10-13-21-18)17-12-8-9-14-23(17)15(2)3/h10-11,13,15,17H,7-9,12,14H2,1-6H3. The molecular weight excluding hydrogens is 314 g/mol. The largest absolute Gasteiger partial charge is 0.443 e. The number of hydrogen-bond acceptors (Lipinski definition) is 4. The van der Waals surface area contributed by atoms with Gasteiger partial charge in [-0.15, -0.1) is 0 Å². The fraction of sp³-hybridized carbons (Fsp3) is 0.700. The second-order valence-electron chi connectivity index (χ2n) is 7.98. The van der Waals surface area contributed by atoms with Crippen molar-refractivity contribution in [2.45, 2.75) is 78.5 Å². The highest BCUT2D eigenvalue weighted by molar-refractivity contribution is 5.87. The van der Waals surface area contributed by atoms with Gasteiger partial charge in [-0.2, -0.15) is 0 Å². The second kappa shape index (κ2) is 8.17. The van der Waals surface area contributed by atoms with Gasteiger partial charge in [0, 0.05) is 30.4 Å². The van der Waals surface area contributed by atoms with Gasteiger partial charge < -0.3 is 4.74 Å². The van der Waals surface area contributed by atoms with Crippen LogP contribution in [0.2, 0.25) is 0 Å². The van der Waals surface area contributed by atoms with E-state index in [9.17, 15) is 4.79 Å². The molecule has 5 heteroatoms. The highest BCUT2D eigenvalue weighted by Gasteiger charge is 2.31. The lowest BCUT2D eigenvalue weighted by Gasteiger charge is -2.40. The topological polar surface area (TPSA) is 45.7 Å². The molecule has 1 aliphatic rings. The number of pyridine rings is 1. The quantitative estimate of drug-likeness (QED) is 0.786. The van der Waals surface area contributed by atoms with E-state index in [1.54, 1.807) is 11.1 Å². The molecule has 2 rings (SSSR count). The first kappa shape index (κ1) is 19.7. The van der Waals surface area contributed by atoms with Gasteiger partial charge >= 0.3 is 6.09 Å². The molecule has 0 aliphatic carbocycles. The number of anilines is 1. The second-order valence-corrected chi connectivity index (χ2v) is 7.98. The minimum Gasteiger partial charge on any atom is -0.443 e. The summed E-state index contributed by atoms with van der Waals surface area (Å²) in [5, 5.41) is 0. The summed E-state index contributed by atoms with van der Waals surface area (Å²) in [6, 6.07) is 4.85. The van der Waals surface area contributed by atoms with Crippen molar-refractivity contribution in [1.82, 2.24) is 9.88 Å². The van der Waals surface area contributed by atoms with E-state index in [4.69, 9.17) is 4.74 Å². The maximum absolute atomic E-state index is 12.7. The van der Waals surface area contributed by atoms with Crippen LogP contribution in [0, 0.1) is 0 Å². The van der Waals surface area contributed by atoms with Crippen molar-refractivity contribution in [2.75, 3.05) is 18.0 Å². The van der Waals surface area contributed by atoms with E-state index in [-0.39, 0.29) is 6.09 Å². The monoisotopic (exact) mass is 347 g/mol. The molecule has 0 bridgehead atoms. The number of carbonyl (C=O) groups excluding carboxylic acids is 1. The molecule has 0 spiro atoms. The van der Waals surface area contributed by atoms with Crippen LogP contribution < -0.4 is 4.90 Å². The van der Waals surface area contributed by atoms with Crippen LogP contribution in [0.5, 0.6) is 0 Å². The minimum absolute atomic E-state index is 0.300. The van der Waals surface area contributed by atoms with Crippen molar-refractivity contribution in [1.29, 1.82) is 0 Å². The van der Waals surface area contributed by atoms with Gasteiger partial charge in [-0.1, -0.05) is 12.5 Å². The first-order valence-corrected chi connectivity index (χ1v) is 9.45. The van der Waals surface area contributed by atoms with E-state index < -0.39 is 5.60 Å². The van der Waals surface area contributed by atoms with E-state index >= 15 is 0 Å². The molecule has 140 valence electrons. The fourth-order valence-corrected chi connectivity index (χ4v) is 3.48. The van der Waals surface area contributed by atoms with E-state index in [1.807, 2.05) is 33.8 Å². The van der Waals surface area contributed by atoms with Crippen LogP contribution in [-0.2, 0) is 4.74 Å². The number of ether oxygens (including phenoxy) is 1. The number of aromatic nitrogens is 1. The highest BCUT2D eigenvalue weighted by Crippen LogP contribution is 2.36. The summed E-state index contributed by atoms with van der Waals surface area (Å²) in [7, 11) is 0. The molecule has 5 nitrogen and oxygen atoms in total.